The summed E-state index contributed by atoms with van der Waals surface area (Å²) >= 11 is 1.23. The number of hydrogen-bond acceptors (Lipinski definition) is 6. The van der Waals surface area contributed by atoms with Crippen LogP contribution in [0.1, 0.15) is 26.5 Å². The summed E-state index contributed by atoms with van der Waals surface area (Å²) in [6, 6.07) is 0. The average Bonchev–Trinajstić information content (AvgIpc) is 3.08. The topological polar surface area (TPSA) is 77.2 Å². The van der Waals surface area contributed by atoms with Gasteiger partial charge in [-0.3, -0.25) is 19.6 Å². The van der Waals surface area contributed by atoms with Crippen LogP contribution in [-0.4, -0.2) is 31.1 Å². The zero-order valence-corrected chi connectivity index (χ0v) is 10.5. The van der Waals surface area contributed by atoms with Gasteiger partial charge in [0.05, 0.1) is 40.3 Å². The molecule has 0 spiro atoms. The molecule has 0 aliphatic carbocycles. The fourth-order valence-electron chi connectivity index (χ4n) is 1.73. The minimum Gasteiger partial charge on any atom is -0.294 e. The molecule has 6 nitrogen and oxygen atoms in total. The molecular weight excluding hydrogens is 264 g/mol. The molecule has 0 bridgehead atoms. The number of fused-ring (bicyclic) bond motifs is 1. The lowest BCUT2D eigenvalue weighted by Gasteiger charge is -1.97. The first-order chi connectivity index (χ1) is 9.25. The third-order valence-electron chi connectivity index (χ3n) is 2.65. The van der Waals surface area contributed by atoms with Crippen molar-refractivity contribution in [2.24, 2.45) is 0 Å². The fraction of sp³-hybridized carbons (Fsp3) is 0.0833. The summed E-state index contributed by atoms with van der Waals surface area (Å²) in [5.41, 5.74) is 2.58. The van der Waals surface area contributed by atoms with Crippen LogP contribution in [0.5, 0.6) is 0 Å². The van der Waals surface area contributed by atoms with Crippen LogP contribution in [0.3, 0.4) is 0 Å². The maximum Gasteiger partial charge on any atom is 0.182 e. The molecular formula is C12H8N4O2S. The number of carbonyl (C=O) groups excluding carboxylic acids is 2. The van der Waals surface area contributed by atoms with Crippen LogP contribution in [0.4, 0.5) is 0 Å². The third-order valence-corrected chi connectivity index (χ3v) is 3.47. The first-order valence-corrected chi connectivity index (χ1v) is 6.36. The van der Waals surface area contributed by atoms with Crippen molar-refractivity contribution in [1.82, 2.24) is 19.6 Å². The van der Waals surface area contributed by atoms with E-state index in [-0.39, 0.29) is 18.0 Å². The van der Waals surface area contributed by atoms with Crippen molar-refractivity contribution in [3.63, 3.8) is 0 Å². The molecule has 0 fully saturated rings. The lowest BCUT2D eigenvalue weighted by Crippen LogP contribution is -2.07. The van der Waals surface area contributed by atoms with Gasteiger partial charge in [0.2, 0.25) is 0 Å². The molecule has 0 aliphatic heterocycles. The van der Waals surface area contributed by atoms with E-state index in [0.29, 0.717) is 16.0 Å². The van der Waals surface area contributed by atoms with Crippen LogP contribution in [-0.2, 0) is 0 Å². The van der Waals surface area contributed by atoms with Crippen molar-refractivity contribution in [3.8, 4) is 0 Å². The summed E-state index contributed by atoms with van der Waals surface area (Å²) in [4.78, 5) is 32.2. The first kappa shape index (κ1) is 11.7. The van der Waals surface area contributed by atoms with Crippen molar-refractivity contribution in [3.05, 3.63) is 46.9 Å². The van der Waals surface area contributed by atoms with E-state index >= 15 is 0 Å². The van der Waals surface area contributed by atoms with Gasteiger partial charge in [0.1, 0.15) is 0 Å². The van der Waals surface area contributed by atoms with Crippen molar-refractivity contribution in [2.45, 2.75) is 6.42 Å². The Bertz CT molecular complexity index is 748. The van der Waals surface area contributed by atoms with Gasteiger partial charge in [-0.05, 0) is 0 Å². The number of carbonyl (C=O) groups is 2. The van der Waals surface area contributed by atoms with E-state index in [0.717, 1.165) is 0 Å². The largest absolute Gasteiger partial charge is 0.294 e. The highest BCUT2D eigenvalue weighted by molar-refractivity contribution is 7.11. The Balaban J connectivity index is 1.86. The molecule has 3 rings (SSSR count). The zero-order valence-electron chi connectivity index (χ0n) is 9.68. The van der Waals surface area contributed by atoms with E-state index in [1.165, 1.54) is 23.7 Å². The van der Waals surface area contributed by atoms with Crippen LogP contribution >= 0.6 is 11.3 Å². The van der Waals surface area contributed by atoms with Crippen molar-refractivity contribution in [1.29, 1.82) is 0 Å². The van der Waals surface area contributed by atoms with Crippen molar-refractivity contribution in [2.75, 3.05) is 0 Å². The van der Waals surface area contributed by atoms with E-state index in [2.05, 4.69) is 15.1 Å². The molecule has 0 unspecified atom stereocenters. The van der Waals surface area contributed by atoms with Crippen LogP contribution in [0.2, 0.25) is 0 Å². The first-order valence-electron chi connectivity index (χ1n) is 5.48. The number of thiazole rings is 1. The molecule has 0 saturated carbocycles. The van der Waals surface area contributed by atoms with Gasteiger partial charge in [0.25, 0.3) is 0 Å². The molecule has 0 radical (unpaired) electrons. The van der Waals surface area contributed by atoms with Crippen molar-refractivity contribution < 1.29 is 9.59 Å². The van der Waals surface area contributed by atoms with Crippen molar-refractivity contribution >= 4 is 28.4 Å². The molecule has 19 heavy (non-hydrogen) atoms. The molecule has 3 aromatic rings. The van der Waals surface area contributed by atoms with Gasteiger partial charge in [-0.1, -0.05) is 0 Å². The molecule has 0 amide bonds. The summed E-state index contributed by atoms with van der Waals surface area (Å²) in [6.45, 7) is 0. The average molecular weight is 272 g/mol. The minimum atomic E-state index is -0.263. The Morgan fingerprint density at radius 3 is 2.84 bits per heavy atom. The van der Waals surface area contributed by atoms with E-state index in [1.807, 2.05) is 0 Å². The monoisotopic (exact) mass is 272 g/mol. The standard InChI is InChI=1S/C12H8N4O2S/c17-10(3-11(18)12-6-14-7-19-12)8-4-15-16-2-1-13-5-9(8)16/h1-2,4-7H,3H2. The molecule has 3 heterocycles. The Kier molecular flexibility index (Phi) is 2.88. The summed E-state index contributed by atoms with van der Waals surface area (Å²) in [7, 11) is 0. The van der Waals surface area contributed by atoms with Gasteiger partial charge in [0.15, 0.2) is 11.6 Å². The van der Waals surface area contributed by atoms with Crippen LogP contribution in [0, 0.1) is 0 Å². The number of hydrogen-bond donors (Lipinski definition) is 0. The summed E-state index contributed by atoms with van der Waals surface area (Å²) < 4.78 is 1.55. The van der Waals surface area contributed by atoms with E-state index < -0.39 is 0 Å². The SMILES string of the molecule is O=C(CC(=O)c1cnn2ccncc12)c1cncs1. The smallest absolute Gasteiger partial charge is 0.182 e. The maximum atomic E-state index is 12.1. The van der Waals surface area contributed by atoms with Gasteiger partial charge in [-0.2, -0.15) is 5.10 Å². The lowest BCUT2D eigenvalue weighted by molar-refractivity contribution is 0.0897. The second-order valence-corrected chi connectivity index (χ2v) is 4.74. The minimum absolute atomic E-state index is 0.182. The lowest BCUT2D eigenvalue weighted by atomic mass is 10.1. The second-order valence-electron chi connectivity index (χ2n) is 3.85. The Hall–Kier alpha value is -2.41. The van der Waals surface area contributed by atoms with Gasteiger partial charge in [-0.25, -0.2) is 4.52 Å². The van der Waals surface area contributed by atoms with Crippen LogP contribution in [0.15, 0.2) is 36.5 Å². The quantitative estimate of drug-likeness (QED) is 0.533. The number of rotatable bonds is 4. The summed E-state index contributed by atoms with van der Waals surface area (Å²) in [5.74, 6) is -0.489. The van der Waals surface area contributed by atoms with Gasteiger partial charge in [0, 0.05) is 18.6 Å². The number of ketones is 2. The molecule has 0 aromatic carbocycles. The molecule has 0 N–H and O–H groups in total. The second kappa shape index (κ2) is 4.69. The number of Topliss-reactive ketones (excluding diaryl/α,β-unsaturated/α-hetero) is 2. The highest BCUT2D eigenvalue weighted by Gasteiger charge is 2.18. The summed E-state index contributed by atoms with van der Waals surface area (Å²) in [6.07, 6.45) is 7.53. The van der Waals surface area contributed by atoms with E-state index in [1.54, 1.807) is 28.6 Å². The Morgan fingerprint density at radius 1 is 1.16 bits per heavy atom. The third kappa shape index (κ3) is 2.15. The maximum absolute atomic E-state index is 12.1. The Labute approximate surface area is 111 Å². The zero-order chi connectivity index (χ0) is 13.2. The highest BCUT2D eigenvalue weighted by atomic mass is 32.1. The molecule has 7 heteroatoms. The van der Waals surface area contributed by atoms with Gasteiger partial charge in [-0.15, -0.1) is 11.3 Å². The fourth-order valence-corrected chi connectivity index (χ4v) is 2.29. The Morgan fingerprint density at radius 2 is 2.05 bits per heavy atom. The van der Waals surface area contributed by atoms with Crippen LogP contribution in [0.25, 0.3) is 5.52 Å². The molecule has 0 saturated heterocycles. The van der Waals surface area contributed by atoms with Crippen LogP contribution < -0.4 is 0 Å². The number of nitrogens with zero attached hydrogens (tertiary/aromatic N) is 4. The van der Waals surface area contributed by atoms with E-state index in [4.69, 9.17) is 0 Å². The molecule has 0 atom stereocenters. The molecule has 3 aromatic heterocycles. The summed E-state index contributed by atoms with van der Waals surface area (Å²) in [5, 5.41) is 4.04. The normalized spacial score (nSPS) is 10.7. The van der Waals surface area contributed by atoms with Gasteiger partial charge >= 0.3 is 0 Å². The predicted octanol–water partition coefficient (Wildman–Crippen LogP) is 1.64. The predicted molar refractivity (Wildman–Crippen MR) is 68.4 cm³/mol. The van der Waals surface area contributed by atoms with Gasteiger partial charge < -0.3 is 0 Å². The highest BCUT2D eigenvalue weighted by Crippen LogP contribution is 2.15. The molecule has 0 aliphatic rings. The molecule has 94 valence electrons. The van der Waals surface area contributed by atoms with E-state index in [9.17, 15) is 9.59 Å². The number of aromatic nitrogens is 4.